The average Bonchev–Trinajstić information content (AvgIpc) is 2.14. The minimum absolute atomic E-state index is 0.0335. The molecule has 0 aliphatic carbocycles. The first-order valence-corrected chi connectivity index (χ1v) is 5.25. The zero-order chi connectivity index (χ0) is 13.2. The summed E-state index contributed by atoms with van der Waals surface area (Å²) < 4.78 is 43.0. The third-order valence-electron chi connectivity index (χ3n) is 2.16. The SMILES string of the molecule is COc1c(CC(C)O)cc(Cl)cc1C(F)(F)F. The molecule has 1 unspecified atom stereocenters. The molecule has 0 aliphatic heterocycles. The van der Waals surface area contributed by atoms with Crippen LogP contribution >= 0.6 is 11.6 Å². The molecule has 1 rings (SSSR count). The molecule has 1 atom stereocenters. The van der Waals surface area contributed by atoms with Crippen LogP contribution in [-0.2, 0) is 12.6 Å². The smallest absolute Gasteiger partial charge is 0.420 e. The van der Waals surface area contributed by atoms with E-state index in [4.69, 9.17) is 16.3 Å². The van der Waals surface area contributed by atoms with E-state index in [0.717, 1.165) is 13.2 Å². The number of hydrogen-bond donors (Lipinski definition) is 1. The molecule has 0 aliphatic rings. The fourth-order valence-corrected chi connectivity index (χ4v) is 1.81. The van der Waals surface area contributed by atoms with Crippen LogP contribution < -0.4 is 4.74 Å². The molecule has 0 amide bonds. The molecule has 1 N–H and O–H groups in total. The van der Waals surface area contributed by atoms with Crippen LogP contribution in [0.25, 0.3) is 0 Å². The lowest BCUT2D eigenvalue weighted by Gasteiger charge is -2.17. The molecule has 1 aromatic rings. The lowest BCUT2D eigenvalue weighted by atomic mass is 10.0. The summed E-state index contributed by atoms with van der Waals surface area (Å²) in [5, 5.41) is 9.20. The van der Waals surface area contributed by atoms with Gasteiger partial charge in [0.05, 0.1) is 18.8 Å². The Labute approximate surface area is 102 Å². The number of halogens is 4. The number of aliphatic hydroxyl groups excluding tert-OH is 1. The van der Waals surface area contributed by atoms with Crippen molar-refractivity contribution in [1.29, 1.82) is 0 Å². The van der Waals surface area contributed by atoms with E-state index in [1.165, 1.54) is 13.0 Å². The first-order chi connectivity index (χ1) is 7.75. The molecule has 0 fully saturated rings. The van der Waals surface area contributed by atoms with Crippen molar-refractivity contribution in [2.24, 2.45) is 0 Å². The van der Waals surface area contributed by atoms with Crippen molar-refractivity contribution in [3.8, 4) is 5.75 Å². The minimum Gasteiger partial charge on any atom is -0.496 e. The number of alkyl halides is 3. The molecular weight excluding hydrogens is 257 g/mol. The van der Waals surface area contributed by atoms with E-state index in [1.807, 2.05) is 0 Å². The van der Waals surface area contributed by atoms with Gasteiger partial charge >= 0.3 is 6.18 Å². The zero-order valence-corrected chi connectivity index (χ0v) is 10.1. The number of hydrogen-bond acceptors (Lipinski definition) is 2. The molecular formula is C11H12ClF3O2. The van der Waals surface area contributed by atoms with Crippen LogP contribution in [0, 0.1) is 0 Å². The summed E-state index contributed by atoms with van der Waals surface area (Å²) in [4.78, 5) is 0. The highest BCUT2D eigenvalue weighted by Crippen LogP contribution is 2.40. The van der Waals surface area contributed by atoms with Crippen LogP contribution in [-0.4, -0.2) is 18.3 Å². The Morgan fingerprint density at radius 1 is 1.41 bits per heavy atom. The van der Waals surface area contributed by atoms with E-state index in [-0.39, 0.29) is 22.8 Å². The van der Waals surface area contributed by atoms with Crippen LogP contribution in [0.1, 0.15) is 18.1 Å². The molecule has 0 bridgehead atoms. The van der Waals surface area contributed by atoms with Crippen molar-refractivity contribution in [2.75, 3.05) is 7.11 Å². The van der Waals surface area contributed by atoms with Crippen molar-refractivity contribution in [3.05, 3.63) is 28.3 Å². The Bertz CT molecular complexity index is 402. The Kier molecular flexibility index (Phi) is 4.27. The van der Waals surface area contributed by atoms with Crippen LogP contribution in [0.4, 0.5) is 13.2 Å². The van der Waals surface area contributed by atoms with Crippen molar-refractivity contribution < 1.29 is 23.0 Å². The van der Waals surface area contributed by atoms with E-state index >= 15 is 0 Å². The monoisotopic (exact) mass is 268 g/mol. The molecule has 6 heteroatoms. The maximum absolute atomic E-state index is 12.7. The predicted molar refractivity (Wildman–Crippen MR) is 58.4 cm³/mol. The van der Waals surface area contributed by atoms with E-state index in [1.54, 1.807) is 0 Å². The molecule has 0 saturated carbocycles. The van der Waals surface area contributed by atoms with Gasteiger partial charge in [0, 0.05) is 11.4 Å². The van der Waals surface area contributed by atoms with Gasteiger partial charge in [-0.05, 0) is 24.6 Å². The van der Waals surface area contributed by atoms with E-state index in [0.29, 0.717) is 0 Å². The van der Waals surface area contributed by atoms with E-state index in [9.17, 15) is 18.3 Å². The minimum atomic E-state index is -4.54. The number of rotatable bonds is 3. The maximum atomic E-state index is 12.7. The molecule has 17 heavy (non-hydrogen) atoms. The number of benzene rings is 1. The standard InChI is InChI=1S/C11H12ClF3O2/c1-6(16)3-7-4-8(12)5-9(10(7)17-2)11(13,14)15/h4-6,16H,3H2,1-2H3. The van der Waals surface area contributed by atoms with Crippen LogP contribution in [0.15, 0.2) is 12.1 Å². The summed E-state index contributed by atoms with van der Waals surface area (Å²) in [6.45, 7) is 1.48. The van der Waals surface area contributed by atoms with E-state index in [2.05, 4.69) is 0 Å². The number of ether oxygens (including phenoxy) is 1. The van der Waals surface area contributed by atoms with Gasteiger partial charge in [0.15, 0.2) is 0 Å². The highest BCUT2D eigenvalue weighted by molar-refractivity contribution is 6.30. The molecule has 1 aromatic carbocycles. The van der Waals surface area contributed by atoms with Crippen molar-refractivity contribution in [1.82, 2.24) is 0 Å². The van der Waals surface area contributed by atoms with Crippen LogP contribution in [0.3, 0.4) is 0 Å². The van der Waals surface area contributed by atoms with Gasteiger partial charge in [-0.2, -0.15) is 13.2 Å². The summed E-state index contributed by atoms with van der Waals surface area (Å²) in [5.41, 5.74) is -0.689. The second kappa shape index (κ2) is 5.14. The number of aliphatic hydroxyl groups is 1. The average molecular weight is 269 g/mol. The molecule has 0 spiro atoms. The van der Waals surface area contributed by atoms with E-state index < -0.39 is 17.8 Å². The van der Waals surface area contributed by atoms with Gasteiger partial charge in [-0.3, -0.25) is 0 Å². The Morgan fingerprint density at radius 3 is 2.41 bits per heavy atom. The first-order valence-electron chi connectivity index (χ1n) is 4.87. The molecule has 96 valence electrons. The zero-order valence-electron chi connectivity index (χ0n) is 9.31. The van der Waals surface area contributed by atoms with Gasteiger partial charge in [-0.15, -0.1) is 0 Å². The Hall–Kier alpha value is -0.940. The Morgan fingerprint density at radius 2 is 2.00 bits per heavy atom. The molecule has 0 heterocycles. The Balaban J connectivity index is 3.35. The molecule has 2 nitrogen and oxygen atoms in total. The lowest BCUT2D eigenvalue weighted by molar-refractivity contribution is -0.138. The largest absolute Gasteiger partial charge is 0.496 e. The van der Waals surface area contributed by atoms with Gasteiger partial charge in [0.1, 0.15) is 5.75 Å². The maximum Gasteiger partial charge on any atom is 0.420 e. The fourth-order valence-electron chi connectivity index (χ4n) is 1.57. The summed E-state index contributed by atoms with van der Waals surface area (Å²) in [7, 11) is 1.16. The highest BCUT2D eigenvalue weighted by atomic mass is 35.5. The van der Waals surface area contributed by atoms with Crippen LogP contribution in [0.2, 0.25) is 5.02 Å². The van der Waals surface area contributed by atoms with Crippen molar-refractivity contribution >= 4 is 11.6 Å². The van der Waals surface area contributed by atoms with Gasteiger partial charge in [0.2, 0.25) is 0 Å². The quantitative estimate of drug-likeness (QED) is 0.911. The predicted octanol–water partition coefficient (Wildman–Crippen LogP) is 3.29. The number of methoxy groups -OCH3 is 1. The first kappa shape index (κ1) is 14.1. The van der Waals surface area contributed by atoms with Gasteiger partial charge < -0.3 is 9.84 Å². The second-order valence-electron chi connectivity index (χ2n) is 3.70. The van der Waals surface area contributed by atoms with Crippen molar-refractivity contribution in [3.63, 3.8) is 0 Å². The summed E-state index contributed by atoms with van der Waals surface area (Å²) in [5.74, 6) is -0.289. The second-order valence-corrected chi connectivity index (χ2v) is 4.13. The van der Waals surface area contributed by atoms with Crippen LogP contribution in [0.5, 0.6) is 5.75 Å². The fraction of sp³-hybridized carbons (Fsp3) is 0.455. The van der Waals surface area contributed by atoms with Gasteiger partial charge in [-0.25, -0.2) is 0 Å². The van der Waals surface area contributed by atoms with Gasteiger partial charge in [0.25, 0.3) is 0 Å². The van der Waals surface area contributed by atoms with Crippen molar-refractivity contribution in [2.45, 2.75) is 25.6 Å². The molecule has 0 aromatic heterocycles. The lowest BCUT2D eigenvalue weighted by Crippen LogP contribution is -2.12. The summed E-state index contributed by atoms with van der Waals surface area (Å²) in [6, 6.07) is 2.17. The third-order valence-corrected chi connectivity index (χ3v) is 2.37. The summed E-state index contributed by atoms with van der Waals surface area (Å²) in [6.07, 6.45) is -5.26. The van der Waals surface area contributed by atoms with Gasteiger partial charge in [-0.1, -0.05) is 11.6 Å². The molecule has 0 radical (unpaired) electrons. The normalized spacial score (nSPS) is 13.6. The summed E-state index contributed by atoms with van der Waals surface area (Å²) >= 11 is 5.63. The third kappa shape index (κ3) is 3.51. The topological polar surface area (TPSA) is 29.5 Å². The highest BCUT2D eigenvalue weighted by Gasteiger charge is 2.35. The molecule has 0 saturated heterocycles.